The lowest BCUT2D eigenvalue weighted by Gasteiger charge is -2.19. The van der Waals surface area contributed by atoms with Crippen molar-refractivity contribution in [2.45, 2.75) is 45.3 Å². The average molecular weight is 240 g/mol. The Morgan fingerprint density at radius 1 is 1.40 bits per heavy atom. The first kappa shape index (κ1) is 16.6. The summed E-state index contributed by atoms with van der Waals surface area (Å²) in [6, 6.07) is -0.998. The van der Waals surface area contributed by atoms with Gasteiger partial charge >= 0.3 is 11.9 Å². The molecule has 0 saturated heterocycles. The third-order valence-electron chi connectivity index (χ3n) is 1.40. The monoisotopic (exact) mass is 239 g/mol. The largest absolute Gasteiger partial charge is 0.480 e. The molecule has 0 rings (SSSR count). The third kappa shape index (κ3) is 9.49. The predicted octanol–water partition coefficient (Wildman–Crippen LogP) is 0.942. The second-order valence-corrected chi connectivity index (χ2v) is 4.07. The van der Waals surface area contributed by atoms with E-state index in [1.54, 1.807) is 20.8 Å². The van der Waals surface area contributed by atoms with Crippen LogP contribution in [-0.2, 0) is 14.3 Å². The first-order valence-electron chi connectivity index (χ1n) is 4.42. The second-order valence-electron chi connectivity index (χ2n) is 4.07. The molecule has 0 aromatic carbocycles. The van der Waals surface area contributed by atoms with Crippen LogP contribution >= 0.6 is 12.4 Å². The maximum Gasteiger partial charge on any atom is 0.320 e. The summed E-state index contributed by atoms with van der Waals surface area (Å²) in [6.07, 6.45) is 0.134. The van der Waals surface area contributed by atoms with Gasteiger partial charge in [-0.3, -0.25) is 9.59 Å². The molecule has 0 aliphatic heterocycles. The van der Waals surface area contributed by atoms with Gasteiger partial charge in [0.05, 0.1) is 0 Å². The van der Waals surface area contributed by atoms with Gasteiger partial charge < -0.3 is 15.6 Å². The molecule has 6 heteroatoms. The van der Waals surface area contributed by atoms with Crippen LogP contribution in [0.15, 0.2) is 0 Å². The minimum atomic E-state index is -1.10. The Balaban J connectivity index is 0. The van der Waals surface area contributed by atoms with Gasteiger partial charge in [-0.2, -0.15) is 0 Å². The van der Waals surface area contributed by atoms with Crippen LogP contribution in [-0.4, -0.2) is 28.7 Å². The van der Waals surface area contributed by atoms with Crippen LogP contribution in [0.4, 0.5) is 0 Å². The molecule has 0 aromatic heterocycles. The third-order valence-corrected chi connectivity index (χ3v) is 1.40. The van der Waals surface area contributed by atoms with Crippen molar-refractivity contribution in [2.24, 2.45) is 5.73 Å². The lowest BCUT2D eigenvalue weighted by atomic mass is 10.1. The van der Waals surface area contributed by atoms with Crippen LogP contribution in [0.5, 0.6) is 0 Å². The van der Waals surface area contributed by atoms with Gasteiger partial charge in [0.15, 0.2) is 0 Å². The number of carbonyl (C=O) groups is 2. The summed E-state index contributed by atoms with van der Waals surface area (Å²) in [5.41, 5.74) is 4.68. The van der Waals surface area contributed by atoms with Crippen LogP contribution in [0, 0.1) is 0 Å². The summed E-state index contributed by atoms with van der Waals surface area (Å²) in [6.45, 7) is 5.26. The van der Waals surface area contributed by atoms with E-state index in [9.17, 15) is 9.59 Å². The molecule has 15 heavy (non-hydrogen) atoms. The van der Waals surface area contributed by atoms with E-state index in [0.29, 0.717) is 0 Å². The molecule has 0 spiro atoms. The minimum Gasteiger partial charge on any atom is -0.480 e. The molecule has 0 radical (unpaired) electrons. The van der Waals surface area contributed by atoms with E-state index in [4.69, 9.17) is 15.6 Å². The molecule has 0 aliphatic rings. The van der Waals surface area contributed by atoms with Crippen molar-refractivity contribution in [3.63, 3.8) is 0 Å². The van der Waals surface area contributed by atoms with Gasteiger partial charge in [-0.05, 0) is 27.2 Å². The van der Waals surface area contributed by atoms with E-state index >= 15 is 0 Å². The van der Waals surface area contributed by atoms with Gasteiger partial charge in [0.25, 0.3) is 0 Å². The van der Waals surface area contributed by atoms with E-state index in [1.165, 1.54) is 0 Å². The number of hydrogen-bond acceptors (Lipinski definition) is 4. The zero-order valence-electron chi connectivity index (χ0n) is 9.15. The van der Waals surface area contributed by atoms with E-state index in [0.717, 1.165) is 0 Å². The van der Waals surface area contributed by atoms with Gasteiger partial charge in [0, 0.05) is 6.42 Å². The average Bonchev–Trinajstić information content (AvgIpc) is 1.96. The Kier molecular flexibility index (Phi) is 7.35. The van der Waals surface area contributed by atoms with E-state index in [2.05, 4.69) is 0 Å². The van der Waals surface area contributed by atoms with Crippen LogP contribution in [0.1, 0.15) is 33.6 Å². The van der Waals surface area contributed by atoms with Gasteiger partial charge in [0.2, 0.25) is 0 Å². The molecule has 1 atom stereocenters. The van der Waals surface area contributed by atoms with Gasteiger partial charge in [-0.1, -0.05) is 0 Å². The lowest BCUT2D eigenvalue weighted by Crippen LogP contribution is -2.31. The van der Waals surface area contributed by atoms with Gasteiger partial charge in [-0.25, -0.2) is 0 Å². The fourth-order valence-corrected chi connectivity index (χ4v) is 0.789. The van der Waals surface area contributed by atoms with Crippen molar-refractivity contribution >= 4 is 24.3 Å². The highest BCUT2D eigenvalue weighted by Gasteiger charge is 2.18. The van der Waals surface area contributed by atoms with E-state index in [-0.39, 0.29) is 25.2 Å². The van der Waals surface area contributed by atoms with E-state index in [1.807, 2.05) is 0 Å². The Labute approximate surface area is 95.4 Å². The lowest BCUT2D eigenvalue weighted by molar-refractivity contribution is -0.155. The van der Waals surface area contributed by atoms with Crippen molar-refractivity contribution in [2.75, 3.05) is 0 Å². The molecule has 5 nitrogen and oxygen atoms in total. The second kappa shape index (κ2) is 6.63. The summed E-state index contributed by atoms with van der Waals surface area (Å²) >= 11 is 0. The molecule has 90 valence electrons. The van der Waals surface area contributed by atoms with Crippen LogP contribution in [0.25, 0.3) is 0 Å². The highest BCUT2D eigenvalue weighted by molar-refractivity contribution is 5.85. The summed E-state index contributed by atoms with van der Waals surface area (Å²) in [7, 11) is 0. The number of rotatable bonds is 4. The normalized spacial score (nSPS) is 12.5. The highest BCUT2D eigenvalue weighted by Crippen LogP contribution is 2.09. The number of hydrogen-bond donors (Lipinski definition) is 2. The van der Waals surface area contributed by atoms with Crippen LogP contribution < -0.4 is 5.73 Å². The van der Waals surface area contributed by atoms with Crippen LogP contribution in [0.3, 0.4) is 0 Å². The number of esters is 1. The maximum absolute atomic E-state index is 11.1. The molecule has 0 saturated carbocycles. The fraction of sp³-hybridized carbons (Fsp3) is 0.778. The standard InChI is InChI=1S/C9H17NO4.ClH/c1-9(2,3)14-7(11)5-4-6(10)8(12)13;/h6H,4-5,10H2,1-3H3,(H,12,13);1H. The Hall–Kier alpha value is -0.810. The molecule has 1 unspecified atom stereocenters. The summed E-state index contributed by atoms with van der Waals surface area (Å²) in [4.78, 5) is 21.4. The topological polar surface area (TPSA) is 89.6 Å². The number of nitrogens with two attached hydrogens (primary N) is 1. The maximum atomic E-state index is 11.1. The molecule has 3 N–H and O–H groups in total. The number of ether oxygens (including phenoxy) is 1. The van der Waals surface area contributed by atoms with Crippen LogP contribution in [0.2, 0.25) is 0 Å². The summed E-state index contributed by atoms with van der Waals surface area (Å²) < 4.78 is 4.98. The molecular weight excluding hydrogens is 222 g/mol. The molecular formula is C9H18ClNO4. The zero-order chi connectivity index (χ0) is 11.4. The molecule has 0 aromatic rings. The Morgan fingerprint density at radius 2 is 1.87 bits per heavy atom. The summed E-state index contributed by atoms with van der Waals surface area (Å²) in [5, 5.41) is 8.45. The number of carbonyl (C=O) groups excluding carboxylic acids is 1. The first-order chi connectivity index (χ1) is 6.22. The van der Waals surface area contributed by atoms with Crippen molar-refractivity contribution in [1.29, 1.82) is 0 Å². The molecule has 0 aliphatic carbocycles. The number of carboxylic acid groups (broad SMARTS) is 1. The Bertz CT molecular complexity index is 225. The summed E-state index contributed by atoms with van der Waals surface area (Å²) in [5.74, 6) is -1.53. The highest BCUT2D eigenvalue weighted by atomic mass is 35.5. The van der Waals surface area contributed by atoms with Crippen molar-refractivity contribution < 1.29 is 19.4 Å². The zero-order valence-corrected chi connectivity index (χ0v) is 9.97. The SMILES string of the molecule is CC(C)(C)OC(=O)CCC(N)C(=O)O.Cl. The van der Waals surface area contributed by atoms with Gasteiger partial charge in [0.1, 0.15) is 11.6 Å². The fourth-order valence-electron chi connectivity index (χ4n) is 0.789. The quantitative estimate of drug-likeness (QED) is 0.713. The smallest absolute Gasteiger partial charge is 0.320 e. The Morgan fingerprint density at radius 3 is 2.20 bits per heavy atom. The number of halogens is 1. The molecule has 0 amide bonds. The molecule has 0 fully saturated rings. The van der Waals surface area contributed by atoms with E-state index < -0.39 is 23.6 Å². The number of carboxylic acids is 1. The van der Waals surface area contributed by atoms with Crippen molar-refractivity contribution in [3.05, 3.63) is 0 Å². The minimum absolute atomic E-state index is 0. The molecule has 0 bridgehead atoms. The molecule has 0 heterocycles. The first-order valence-corrected chi connectivity index (χ1v) is 4.42. The van der Waals surface area contributed by atoms with Gasteiger partial charge in [-0.15, -0.1) is 12.4 Å². The number of aliphatic carboxylic acids is 1. The predicted molar refractivity (Wildman–Crippen MR) is 57.9 cm³/mol. The van der Waals surface area contributed by atoms with Crippen molar-refractivity contribution in [3.8, 4) is 0 Å². The van der Waals surface area contributed by atoms with Crippen molar-refractivity contribution in [1.82, 2.24) is 0 Å².